The van der Waals surface area contributed by atoms with Crippen molar-refractivity contribution in [3.63, 3.8) is 0 Å². The first-order valence-electron chi connectivity index (χ1n) is 13.1. The smallest absolute Gasteiger partial charge is 0.460 e. The zero-order valence-corrected chi connectivity index (χ0v) is 26.1. The molecule has 0 aliphatic rings. The highest BCUT2D eigenvalue weighted by atomic mass is 35.5. The molecule has 0 amide bonds. The molecule has 0 fully saturated rings. The maximum atomic E-state index is 14.2. The van der Waals surface area contributed by atoms with Gasteiger partial charge in [0.15, 0.2) is 0 Å². The first kappa shape index (κ1) is 44.7. The van der Waals surface area contributed by atoms with Crippen molar-refractivity contribution in [3.8, 4) is 0 Å². The van der Waals surface area contributed by atoms with Crippen LogP contribution < -0.4 is 12.4 Å². The summed E-state index contributed by atoms with van der Waals surface area (Å²) < 4.78 is 232. The molecule has 0 N–H and O–H groups in total. The van der Waals surface area contributed by atoms with Crippen molar-refractivity contribution in [3.05, 3.63) is 35.9 Å². The van der Waals surface area contributed by atoms with Gasteiger partial charge in [0.1, 0.15) is 0 Å². The number of hydrogen-bond acceptors (Lipinski definition) is 1. The van der Waals surface area contributed by atoms with Gasteiger partial charge in [-0.3, -0.25) is 0 Å². The Bertz CT molecular complexity index is 1080. The van der Waals surface area contributed by atoms with Crippen molar-refractivity contribution in [1.82, 2.24) is 0 Å². The van der Waals surface area contributed by atoms with Gasteiger partial charge in [-0.2, -0.15) is 74.6 Å². The van der Waals surface area contributed by atoms with E-state index in [0.29, 0.717) is 18.5 Å². The van der Waals surface area contributed by atoms with Crippen LogP contribution in [-0.4, -0.2) is 72.9 Å². The molecule has 0 saturated heterocycles. The number of rotatable bonds is 17. The summed E-state index contributed by atoms with van der Waals surface area (Å²) >= 11 is 0. The van der Waals surface area contributed by atoms with E-state index in [2.05, 4.69) is 4.74 Å². The highest BCUT2D eigenvalue weighted by Gasteiger charge is 2.95. The summed E-state index contributed by atoms with van der Waals surface area (Å²) in [4.78, 5) is 0. The van der Waals surface area contributed by atoms with Gasteiger partial charge in [-0.15, -0.1) is 0 Å². The highest BCUT2D eigenvalue weighted by Crippen LogP contribution is 2.65. The SMILES string of the molecule is CC(C)C[P+](CCCOC(F)(F)C(F)(F)C(F)(F)C(F)(F)C(F)(F)C(F)(F)C(F)(F)C(F)(F)F)(Cc1ccccc1)CC(C)C.[Cl-]. The second-order valence-corrected chi connectivity index (χ2v) is 15.7. The third-order valence-electron chi connectivity index (χ3n) is 6.62. The van der Waals surface area contributed by atoms with Crippen LogP contribution in [0.1, 0.15) is 39.7 Å². The molecule has 1 nitrogen and oxygen atoms in total. The molecule has 0 aromatic heterocycles. The highest BCUT2D eigenvalue weighted by molar-refractivity contribution is 7.75. The molecular weight excluding hydrogens is 718 g/mol. The van der Waals surface area contributed by atoms with Crippen LogP contribution in [0.5, 0.6) is 0 Å². The summed E-state index contributed by atoms with van der Waals surface area (Å²) in [5.41, 5.74) is 0.820. The minimum atomic E-state index is -8.66. The van der Waals surface area contributed by atoms with Gasteiger partial charge >= 0.3 is 47.8 Å². The predicted molar refractivity (Wildman–Crippen MR) is 133 cm³/mol. The average molecular weight is 749 g/mol. The van der Waals surface area contributed by atoms with Crippen molar-refractivity contribution >= 4 is 7.26 Å². The number of benzene rings is 1. The van der Waals surface area contributed by atoms with Gasteiger partial charge in [-0.05, 0) is 17.4 Å². The Labute approximate surface area is 260 Å². The van der Waals surface area contributed by atoms with Crippen LogP contribution in [0.25, 0.3) is 0 Å². The Hall–Kier alpha value is -1.29. The van der Waals surface area contributed by atoms with Crippen LogP contribution >= 0.6 is 7.26 Å². The fraction of sp³-hybridized carbons (Fsp3) is 0.769. The molecule has 1 rings (SSSR count). The fourth-order valence-corrected chi connectivity index (χ4v) is 10.6. The average Bonchev–Trinajstić information content (AvgIpc) is 2.85. The topological polar surface area (TPSA) is 9.23 Å². The second kappa shape index (κ2) is 14.7. The van der Waals surface area contributed by atoms with Crippen LogP contribution in [-0.2, 0) is 10.9 Å². The Kier molecular flexibility index (Phi) is 14.3. The van der Waals surface area contributed by atoms with E-state index >= 15 is 0 Å². The molecule has 0 atom stereocenters. The van der Waals surface area contributed by atoms with Crippen molar-refractivity contribution in [1.29, 1.82) is 0 Å². The summed E-state index contributed by atoms with van der Waals surface area (Å²) in [6.07, 6.45) is -13.7. The summed E-state index contributed by atoms with van der Waals surface area (Å²) in [6.45, 7) is 5.75. The number of ether oxygens (including phenoxy) is 1. The normalized spacial score (nSPS) is 15.0. The van der Waals surface area contributed by atoms with Crippen LogP contribution in [0.2, 0.25) is 0 Å². The predicted octanol–water partition coefficient (Wildman–Crippen LogP) is 7.89. The van der Waals surface area contributed by atoms with E-state index in [1.54, 1.807) is 30.3 Å². The van der Waals surface area contributed by atoms with Gasteiger partial charge in [-0.1, -0.05) is 58.0 Å². The lowest BCUT2D eigenvalue weighted by atomic mass is 9.90. The maximum absolute atomic E-state index is 14.2. The van der Waals surface area contributed by atoms with Crippen LogP contribution in [0, 0.1) is 11.8 Å². The first-order valence-corrected chi connectivity index (χ1v) is 15.6. The van der Waals surface area contributed by atoms with Crippen LogP contribution in [0.15, 0.2) is 30.3 Å². The van der Waals surface area contributed by atoms with Gasteiger partial charge in [0.05, 0.1) is 31.3 Å². The summed E-state index contributed by atoms with van der Waals surface area (Å²) in [7, 11) is -2.21. The Morgan fingerprint density at radius 3 is 1.30 bits per heavy atom. The number of alkyl halides is 17. The van der Waals surface area contributed by atoms with Gasteiger partial charge in [0, 0.05) is 13.7 Å². The molecule has 272 valence electrons. The van der Waals surface area contributed by atoms with Gasteiger partial charge < -0.3 is 17.1 Å². The summed E-state index contributed by atoms with van der Waals surface area (Å²) in [5, 5.41) is 0. The summed E-state index contributed by atoms with van der Waals surface area (Å²) in [6, 6.07) is 8.64. The molecule has 0 heterocycles. The van der Waals surface area contributed by atoms with Gasteiger partial charge in [-0.25, -0.2) is 0 Å². The molecule has 46 heavy (non-hydrogen) atoms. The Morgan fingerprint density at radius 1 is 0.565 bits per heavy atom. The molecule has 1 aromatic carbocycles. The maximum Gasteiger partial charge on any atom is 0.460 e. The molecule has 0 bridgehead atoms. The number of halogens is 18. The quantitative estimate of drug-likeness (QED) is 0.0896. The Balaban J connectivity index is 0.0000202. The molecule has 1 aromatic rings. The van der Waals surface area contributed by atoms with E-state index < -0.39 is 68.1 Å². The fourth-order valence-electron chi connectivity index (χ4n) is 4.83. The Morgan fingerprint density at radius 2 is 0.935 bits per heavy atom. The lowest BCUT2D eigenvalue weighted by molar-refractivity contribution is -0.477. The molecule has 0 aliphatic heterocycles. The van der Waals surface area contributed by atoms with E-state index in [1.165, 1.54) is 0 Å². The van der Waals surface area contributed by atoms with E-state index in [-0.39, 0.29) is 30.4 Å². The third kappa shape index (κ3) is 8.46. The van der Waals surface area contributed by atoms with Crippen LogP contribution in [0.4, 0.5) is 74.6 Å². The van der Waals surface area contributed by atoms with E-state index in [9.17, 15) is 74.6 Å². The van der Waals surface area contributed by atoms with E-state index in [4.69, 9.17) is 0 Å². The lowest BCUT2D eigenvalue weighted by Gasteiger charge is -2.42. The molecule has 0 saturated carbocycles. The second-order valence-electron chi connectivity index (χ2n) is 11.5. The van der Waals surface area contributed by atoms with Crippen molar-refractivity contribution in [2.45, 2.75) is 88.1 Å². The van der Waals surface area contributed by atoms with Crippen molar-refractivity contribution in [2.75, 3.05) is 25.1 Å². The molecular formula is C26H31ClF17OP. The van der Waals surface area contributed by atoms with E-state index in [1.807, 2.05) is 27.7 Å². The van der Waals surface area contributed by atoms with Crippen molar-refractivity contribution in [2.24, 2.45) is 11.8 Å². The lowest BCUT2D eigenvalue weighted by Crippen LogP contribution is -3.00. The summed E-state index contributed by atoms with van der Waals surface area (Å²) in [5.74, 6) is -50.1. The monoisotopic (exact) mass is 748 g/mol. The third-order valence-corrected chi connectivity index (χ3v) is 11.9. The molecule has 20 heteroatoms. The standard InChI is InChI=1S/C26H31F17OP.ClH/c1-16(2)13-45(14-17(3)4,15-18-9-6-5-7-10-18)12-8-11-44-26(42,43)24(37,38)22(33,34)20(29,30)19(27,28)21(31,32)23(35,36)25(39,40)41;/h5-7,9-10,16-17H,8,11-15H2,1-4H3;1H/q+1;/p-1. The first-order chi connectivity index (χ1) is 19.9. The van der Waals surface area contributed by atoms with Crippen LogP contribution in [0.3, 0.4) is 0 Å². The molecule has 0 spiro atoms. The number of hydrogen-bond donors (Lipinski definition) is 0. The largest absolute Gasteiger partial charge is 1.00 e. The molecule has 0 aliphatic carbocycles. The molecule has 0 unspecified atom stereocenters. The minimum Gasteiger partial charge on any atom is -1.00 e. The van der Waals surface area contributed by atoms with E-state index in [0.717, 1.165) is 5.56 Å². The zero-order chi connectivity index (χ0) is 35.7. The molecule has 0 radical (unpaired) electrons. The van der Waals surface area contributed by atoms with Crippen molar-refractivity contribution < 1.29 is 91.8 Å². The minimum absolute atomic E-state index is 0. The zero-order valence-electron chi connectivity index (χ0n) is 24.4. The van der Waals surface area contributed by atoms with Gasteiger partial charge in [0.25, 0.3) is 0 Å². The van der Waals surface area contributed by atoms with Gasteiger partial charge in [0.2, 0.25) is 0 Å².